The fourth-order valence-electron chi connectivity index (χ4n) is 0.626. The topological polar surface area (TPSA) is 44.2 Å². The third-order valence-corrected chi connectivity index (χ3v) is 1.63. The van der Waals surface area contributed by atoms with E-state index in [0.29, 0.717) is 0 Å². The molecule has 0 radical (unpaired) electrons. The van der Waals surface area contributed by atoms with Crippen LogP contribution in [-0.4, -0.2) is 24.2 Å². The molecular weight excluding hydrogens is 203 g/mol. The summed E-state index contributed by atoms with van der Waals surface area (Å²) in [6.07, 6.45) is 0. The fourth-order valence-corrected chi connectivity index (χ4v) is 1.08. The van der Waals surface area contributed by atoms with Gasteiger partial charge >= 0.3 is 0 Å². The van der Waals surface area contributed by atoms with Gasteiger partial charge in [-0.2, -0.15) is 4.98 Å². The van der Waals surface area contributed by atoms with Crippen LogP contribution < -0.4 is 9.47 Å². The molecule has 1 aromatic rings. The van der Waals surface area contributed by atoms with Crippen molar-refractivity contribution in [2.24, 2.45) is 0 Å². The first-order valence-electron chi connectivity index (χ1n) is 3.00. The molecule has 1 aromatic heterocycles. The van der Waals surface area contributed by atoms with Gasteiger partial charge in [-0.05, 0) is 0 Å². The van der Waals surface area contributed by atoms with Crippen LogP contribution in [0.4, 0.5) is 0 Å². The lowest BCUT2D eigenvalue weighted by Gasteiger charge is -2.04. The number of hydrogen-bond donors (Lipinski definition) is 0. The molecular formula is C6H6Cl2N2O2. The van der Waals surface area contributed by atoms with E-state index in [-0.39, 0.29) is 22.1 Å². The molecule has 0 aromatic carbocycles. The van der Waals surface area contributed by atoms with Gasteiger partial charge in [-0.25, -0.2) is 4.98 Å². The largest absolute Gasteiger partial charge is 0.479 e. The minimum absolute atomic E-state index is 0.114. The Morgan fingerprint density at radius 3 is 1.67 bits per heavy atom. The molecule has 0 saturated heterocycles. The molecule has 12 heavy (non-hydrogen) atoms. The lowest BCUT2D eigenvalue weighted by Crippen LogP contribution is -1.96. The van der Waals surface area contributed by atoms with E-state index in [0.717, 1.165) is 0 Å². The van der Waals surface area contributed by atoms with Gasteiger partial charge < -0.3 is 9.47 Å². The van der Waals surface area contributed by atoms with E-state index in [9.17, 15) is 0 Å². The molecule has 0 bridgehead atoms. The summed E-state index contributed by atoms with van der Waals surface area (Å²) < 4.78 is 9.60. The molecule has 0 amide bonds. The average molecular weight is 209 g/mol. The highest BCUT2D eigenvalue weighted by Crippen LogP contribution is 2.27. The van der Waals surface area contributed by atoms with Gasteiger partial charge in [-0.3, -0.25) is 0 Å². The summed E-state index contributed by atoms with van der Waals surface area (Å²) >= 11 is 11.2. The highest BCUT2D eigenvalue weighted by Gasteiger charge is 2.10. The average Bonchev–Trinajstić information content (AvgIpc) is 2.05. The van der Waals surface area contributed by atoms with Crippen molar-refractivity contribution >= 4 is 23.2 Å². The molecule has 0 aliphatic rings. The van der Waals surface area contributed by atoms with Crippen LogP contribution in [0.15, 0.2) is 0 Å². The summed E-state index contributed by atoms with van der Waals surface area (Å²) in [4.78, 5) is 7.57. The van der Waals surface area contributed by atoms with Crippen molar-refractivity contribution in [3.63, 3.8) is 0 Å². The third-order valence-electron chi connectivity index (χ3n) is 1.14. The van der Waals surface area contributed by atoms with Gasteiger partial charge in [0, 0.05) is 0 Å². The van der Waals surface area contributed by atoms with Crippen LogP contribution >= 0.6 is 23.2 Å². The van der Waals surface area contributed by atoms with E-state index in [1.807, 2.05) is 0 Å². The summed E-state index contributed by atoms with van der Waals surface area (Å²) in [5.74, 6) is 0.385. The minimum atomic E-state index is 0.114. The van der Waals surface area contributed by atoms with Gasteiger partial charge in [0.05, 0.1) is 14.2 Å². The van der Waals surface area contributed by atoms with Crippen molar-refractivity contribution < 1.29 is 9.47 Å². The Morgan fingerprint density at radius 2 is 1.33 bits per heavy atom. The Kier molecular flexibility index (Phi) is 2.94. The number of ether oxygens (including phenoxy) is 2. The molecule has 0 aliphatic carbocycles. The highest BCUT2D eigenvalue weighted by molar-refractivity contribution is 6.33. The monoisotopic (exact) mass is 208 g/mol. The SMILES string of the molecule is COc1nc(OC)c(Cl)nc1Cl. The quantitative estimate of drug-likeness (QED) is 0.744. The Labute approximate surface area is 79.4 Å². The number of rotatable bonds is 2. The van der Waals surface area contributed by atoms with Crippen molar-refractivity contribution in [1.29, 1.82) is 0 Å². The first-order chi connectivity index (χ1) is 5.69. The fraction of sp³-hybridized carbons (Fsp3) is 0.333. The van der Waals surface area contributed by atoms with Gasteiger partial charge in [0.15, 0.2) is 10.3 Å². The molecule has 0 fully saturated rings. The second-order valence-electron chi connectivity index (χ2n) is 1.82. The van der Waals surface area contributed by atoms with Crippen LogP contribution in [0, 0.1) is 0 Å². The normalized spacial score (nSPS) is 9.67. The lowest BCUT2D eigenvalue weighted by atomic mass is 10.7. The van der Waals surface area contributed by atoms with Crippen molar-refractivity contribution in [1.82, 2.24) is 9.97 Å². The zero-order chi connectivity index (χ0) is 9.14. The van der Waals surface area contributed by atoms with Crippen LogP contribution in [0.25, 0.3) is 0 Å². The standard InChI is InChI=1S/C6H6Cl2N2O2/c1-11-5-3(7)9-4(8)6(10-5)12-2/h1-2H3. The second kappa shape index (κ2) is 3.78. The molecule has 0 spiro atoms. The maximum atomic E-state index is 5.62. The van der Waals surface area contributed by atoms with Crippen molar-refractivity contribution in [2.45, 2.75) is 0 Å². The zero-order valence-electron chi connectivity index (χ0n) is 6.47. The Hall–Kier alpha value is -0.740. The molecule has 0 saturated carbocycles. The van der Waals surface area contributed by atoms with E-state index in [2.05, 4.69) is 9.97 Å². The molecule has 0 unspecified atom stereocenters. The van der Waals surface area contributed by atoms with Crippen LogP contribution in [0.3, 0.4) is 0 Å². The number of halogens is 2. The molecule has 0 atom stereocenters. The van der Waals surface area contributed by atoms with Crippen molar-refractivity contribution in [3.8, 4) is 11.8 Å². The number of methoxy groups -OCH3 is 2. The van der Waals surface area contributed by atoms with Gasteiger partial charge in [0.2, 0.25) is 0 Å². The van der Waals surface area contributed by atoms with Crippen molar-refractivity contribution in [3.05, 3.63) is 10.3 Å². The molecule has 1 heterocycles. The summed E-state index contributed by atoms with van der Waals surface area (Å²) in [7, 11) is 2.87. The van der Waals surface area contributed by atoms with Crippen molar-refractivity contribution in [2.75, 3.05) is 14.2 Å². The van der Waals surface area contributed by atoms with Crippen LogP contribution in [0.2, 0.25) is 10.3 Å². The Balaban J connectivity index is 3.18. The van der Waals surface area contributed by atoms with E-state index in [1.54, 1.807) is 0 Å². The first kappa shape index (κ1) is 9.35. The predicted octanol–water partition coefficient (Wildman–Crippen LogP) is 1.80. The van der Waals surface area contributed by atoms with Crippen LogP contribution in [0.1, 0.15) is 0 Å². The summed E-state index contributed by atoms with van der Waals surface area (Å²) in [6, 6.07) is 0. The lowest BCUT2D eigenvalue weighted by molar-refractivity contribution is 0.361. The van der Waals surface area contributed by atoms with E-state index in [1.165, 1.54) is 14.2 Å². The van der Waals surface area contributed by atoms with Crippen LogP contribution in [-0.2, 0) is 0 Å². The molecule has 4 nitrogen and oxygen atoms in total. The number of aromatic nitrogens is 2. The number of hydrogen-bond acceptors (Lipinski definition) is 4. The van der Waals surface area contributed by atoms with E-state index in [4.69, 9.17) is 32.7 Å². The van der Waals surface area contributed by atoms with Crippen LogP contribution in [0.5, 0.6) is 11.8 Å². The molecule has 66 valence electrons. The summed E-state index contributed by atoms with van der Waals surface area (Å²) in [6.45, 7) is 0. The van der Waals surface area contributed by atoms with E-state index >= 15 is 0 Å². The van der Waals surface area contributed by atoms with Gasteiger partial charge in [0.1, 0.15) is 0 Å². The number of nitrogens with zero attached hydrogens (tertiary/aromatic N) is 2. The summed E-state index contributed by atoms with van der Waals surface area (Å²) in [5.41, 5.74) is 0. The zero-order valence-corrected chi connectivity index (χ0v) is 7.98. The highest BCUT2D eigenvalue weighted by atomic mass is 35.5. The maximum absolute atomic E-state index is 5.62. The predicted molar refractivity (Wildman–Crippen MR) is 45.2 cm³/mol. The third kappa shape index (κ3) is 1.70. The molecule has 1 rings (SSSR count). The maximum Gasteiger partial charge on any atom is 0.255 e. The molecule has 0 N–H and O–H groups in total. The van der Waals surface area contributed by atoms with E-state index < -0.39 is 0 Å². The van der Waals surface area contributed by atoms with Gasteiger partial charge in [-0.1, -0.05) is 23.2 Å². The minimum Gasteiger partial charge on any atom is -0.479 e. The molecule has 0 aliphatic heterocycles. The van der Waals surface area contributed by atoms with Gasteiger partial charge in [0.25, 0.3) is 11.8 Å². The first-order valence-corrected chi connectivity index (χ1v) is 3.75. The molecule has 6 heteroatoms. The van der Waals surface area contributed by atoms with Gasteiger partial charge in [-0.15, -0.1) is 0 Å². The summed E-state index contributed by atoms with van der Waals surface area (Å²) in [5, 5.41) is 0.228. The Morgan fingerprint density at radius 1 is 0.917 bits per heavy atom. The second-order valence-corrected chi connectivity index (χ2v) is 2.54. The Bertz CT molecular complexity index is 268. The smallest absolute Gasteiger partial charge is 0.255 e.